The van der Waals surface area contributed by atoms with Crippen LogP contribution in [0.1, 0.15) is 0 Å². The number of rotatable bonds is 6. The summed E-state index contributed by atoms with van der Waals surface area (Å²) in [5, 5.41) is 0. The summed E-state index contributed by atoms with van der Waals surface area (Å²) in [5.74, 6) is -14.2. The highest BCUT2D eigenvalue weighted by Gasteiger charge is 2.90. The van der Waals surface area contributed by atoms with Gasteiger partial charge in [0.2, 0.25) is 0 Å². The third-order valence-corrected chi connectivity index (χ3v) is 2.47. The largest absolute Gasteiger partial charge is 0.439 e. The zero-order chi connectivity index (χ0) is 18.4. The second kappa shape index (κ2) is 5.30. The fourth-order valence-electron chi connectivity index (χ4n) is 1.24. The highest BCUT2D eigenvalue weighted by Crippen LogP contribution is 2.57. The molecule has 0 heterocycles. The molecule has 0 saturated heterocycles. The fourth-order valence-corrected chi connectivity index (χ4v) is 1.24. The summed E-state index contributed by atoms with van der Waals surface area (Å²) in [6, 6.07) is -9.39. The van der Waals surface area contributed by atoms with Gasteiger partial charge in [-0.15, -0.1) is 0 Å². The normalized spacial score (nSPS) is 19.3. The van der Waals surface area contributed by atoms with E-state index in [1.165, 1.54) is 0 Å². The first-order valence-electron chi connectivity index (χ1n) is 4.61. The van der Waals surface area contributed by atoms with Crippen LogP contribution in [-0.2, 0) is 9.59 Å². The van der Waals surface area contributed by atoms with Crippen molar-refractivity contribution in [3.63, 3.8) is 0 Å². The van der Waals surface area contributed by atoms with Crippen LogP contribution in [-0.4, -0.2) is 48.1 Å². The van der Waals surface area contributed by atoms with Gasteiger partial charge < -0.3 is 0 Å². The molecule has 0 aliphatic carbocycles. The minimum Gasteiger partial charge on any atom is -0.257 e. The molecule has 0 saturated carbocycles. The van der Waals surface area contributed by atoms with Crippen molar-refractivity contribution in [3.05, 3.63) is 0 Å². The molecule has 2 nitrogen and oxygen atoms in total. The van der Waals surface area contributed by atoms with Crippen LogP contribution in [0.2, 0.25) is 0 Å². The Labute approximate surface area is 112 Å². The molecule has 0 radical (unpaired) electrons. The van der Waals surface area contributed by atoms with E-state index in [4.69, 9.17) is 0 Å². The van der Waals surface area contributed by atoms with Crippen molar-refractivity contribution in [1.82, 2.24) is 0 Å². The number of alkyl halides is 10. The van der Waals surface area contributed by atoms with E-state index >= 15 is 0 Å². The standard InChI is InChI=1S/C8H2F12O2/c9-1-4(12,13)5(14,2(10)21)7(16,17)6(15,3(11)22)8(18,19)20/h1H2. The molecule has 0 aromatic heterocycles. The number of carbonyl (C=O) groups is 2. The summed E-state index contributed by atoms with van der Waals surface area (Å²) in [5.41, 5.74) is -14.5. The van der Waals surface area contributed by atoms with Crippen LogP contribution in [0, 0.1) is 0 Å². The molecule has 0 rings (SSSR count). The maximum atomic E-state index is 13.3. The molecule has 130 valence electrons. The van der Waals surface area contributed by atoms with Gasteiger partial charge in [0, 0.05) is 0 Å². The molecule has 0 amide bonds. The maximum absolute atomic E-state index is 13.3. The molecule has 0 aliphatic heterocycles. The van der Waals surface area contributed by atoms with Crippen LogP contribution >= 0.6 is 0 Å². The molecule has 0 aliphatic rings. The average molecular weight is 358 g/mol. The summed E-state index contributed by atoms with van der Waals surface area (Å²) in [7, 11) is 0. The van der Waals surface area contributed by atoms with E-state index in [1.807, 2.05) is 0 Å². The van der Waals surface area contributed by atoms with Crippen LogP contribution in [0.4, 0.5) is 52.7 Å². The van der Waals surface area contributed by atoms with Gasteiger partial charge in [-0.2, -0.15) is 39.5 Å². The first-order valence-corrected chi connectivity index (χ1v) is 4.61. The summed E-state index contributed by atoms with van der Waals surface area (Å²) in [6.45, 7) is -3.69. The van der Waals surface area contributed by atoms with Crippen molar-refractivity contribution < 1.29 is 62.3 Å². The minimum absolute atomic E-state index is 3.69. The predicted molar refractivity (Wildman–Crippen MR) is 41.8 cm³/mol. The van der Waals surface area contributed by atoms with Crippen LogP contribution in [0.3, 0.4) is 0 Å². The van der Waals surface area contributed by atoms with E-state index in [9.17, 15) is 62.3 Å². The SMILES string of the molecule is O=C(F)C(F)(C(F)(F)F)C(F)(F)C(F)(C(=O)F)C(F)(F)CF. The molecular formula is C8H2F12O2. The summed E-state index contributed by atoms with van der Waals surface area (Å²) >= 11 is 0. The summed E-state index contributed by atoms with van der Waals surface area (Å²) in [4.78, 5) is 19.8. The Hall–Kier alpha value is -1.50. The minimum atomic E-state index is -7.68. The van der Waals surface area contributed by atoms with Crippen molar-refractivity contribution in [2.24, 2.45) is 0 Å². The highest BCUT2D eigenvalue weighted by molar-refractivity contribution is 5.87. The molecule has 22 heavy (non-hydrogen) atoms. The molecule has 0 bridgehead atoms. The number of carbonyl (C=O) groups excluding carboxylic acids is 2. The van der Waals surface area contributed by atoms with E-state index < -0.39 is 48.1 Å². The Morgan fingerprint density at radius 1 is 0.682 bits per heavy atom. The summed E-state index contributed by atoms with van der Waals surface area (Å²) < 4.78 is 150. The Balaban J connectivity index is 6.72. The first-order chi connectivity index (χ1) is 9.45. The lowest BCUT2D eigenvalue weighted by Gasteiger charge is -2.40. The first kappa shape index (κ1) is 20.5. The van der Waals surface area contributed by atoms with E-state index in [0.29, 0.717) is 0 Å². The van der Waals surface area contributed by atoms with E-state index in [-0.39, 0.29) is 0 Å². The van der Waals surface area contributed by atoms with Crippen molar-refractivity contribution in [2.45, 2.75) is 29.4 Å². The maximum Gasteiger partial charge on any atom is 0.439 e. The van der Waals surface area contributed by atoms with Gasteiger partial charge in [-0.1, -0.05) is 0 Å². The molecule has 0 aromatic rings. The van der Waals surface area contributed by atoms with Gasteiger partial charge in [-0.25, -0.2) is 13.2 Å². The third kappa shape index (κ3) is 2.31. The number of hydrogen-bond acceptors (Lipinski definition) is 2. The lowest BCUT2D eigenvalue weighted by atomic mass is 9.80. The van der Waals surface area contributed by atoms with Crippen LogP contribution < -0.4 is 0 Å². The van der Waals surface area contributed by atoms with Gasteiger partial charge in [0.25, 0.3) is 0 Å². The third-order valence-electron chi connectivity index (χ3n) is 2.47. The smallest absolute Gasteiger partial charge is 0.257 e. The lowest BCUT2D eigenvalue weighted by Crippen LogP contribution is -2.74. The molecule has 0 fully saturated rings. The molecule has 0 spiro atoms. The van der Waals surface area contributed by atoms with Crippen molar-refractivity contribution >= 4 is 12.1 Å². The number of hydrogen-bond donors (Lipinski definition) is 0. The average Bonchev–Trinajstić information content (AvgIpc) is 2.33. The Morgan fingerprint density at radius 2 is 1.00 bits per heavy atom. The molecular weight excluding hydrogens is 356 g/mol. The quantitative estimate of drug-likeness (QED) is 0.540. The Morgan fingerprint density at radius 3 is 1.18 bits per heavy atom. The van der Waals surface area contributed by atoms with Gasteiger partial charge in [0.15, 0.2) is 6.67 Å². The zero-order valence-corrected chi connectivity index (χ0v) is 9.56. The molecule has 0 aromatic carbocycles. The lowest BCUT2D eigenvalue weighted by molar-refractivity contribution is -0.341. The van der Waals surface area contributed by atoms with Gasteiger partial charge in [0.05, 0.1) is 0 Å². The van der Waals surface area contributed by atoms with Crippen molar-refractivity contribution in [2.75, 3.05) is 6.67 Å². The topological polar surface area (TPSA) is 34.1 Å². The molecule has 2 atom stereocenters. The predicted octanol–water partition coefficient (Wildman–Crippen LogP) is 3.20. The van der Waals surface area contributed by atoms with Crippen LogP contribution in [0.15, 0.2) is 0 Å². The van der Waals surface area contributed by atoms with E-state index in [2.05, 4.69) is 0 Å². The second-order valence-electron chi connectivity index (χ2n) is 3.77. The molecule has 2 unspecified atom stereocenters. The van der Waals surface area contributed by atoms with Crippen molar-refractivity contribution in [1.29, 1.82) is 0 Å². The highest BCUT2D eigenvalue weighted by atomic mass is 19.4. The van der Waals surface area contributed by atoms with Crippen molar-refractivity contribution in [3.8, 4) is 0 Å². The number of halogens is 12. The Kier molecular flexibility index (Phi) is 4.93. The fraction of sp³-hybridized carbons (Fsp3) is 0.750. The zero-order valence-electron chi connectivity index (χ0n) is 9.56. The van der Waals surface area contributed by atoms with E-state index in [1.54, 1.807) is 0 Å². The van der Waals surface area contributed by atoms with Crippen LogP contribution in [0.5, 0.6) is 0 Å². The molecule has 0 N–H and O–H groups in total. The van der Waals surface area contributed by atoms with E-state index in [0.717, 1.165) is 0 Å². The monoisotopic (exact) mass is 358 g/mol. The van der Waals surface area contributed by atoms with Gasteiger partial charge in [-0.05, 0) is 0 Å². The van der Waals surface area contributed by atoms with Crippen LogP contribution in [0.25, 0.3) is 0 Å². The Bertz CT molecular complexity index is 470. The molecule has 14 heteroatoms. The van der Waals surface area contributed by atoms with Gasteiger partial charge in [-0.3, -0.25) is 9.59 Å². The second-order valence-corrected chi connectivity index (χ2v) is 3.77. The summed E-state index contributed by atoms with van der Waals surface area (Å²) in [6.07, 6.45) is -7.39. The van der Waals surface area contributed by atoms with Gasteiger partial charge in [0.1, 0.15) is 0 Å². The van der Waals surface area contributed by atoms with Gasteiger partial charge >= 0.3 is 41.4 Å².